The summed E-state index contributed by atoms with van der Waals surface area (Å²) in [5.74, 6) is -0.253. The van der Waals surface area contributed by atoms with Crippen molar-refractivity contribution in [2.24, 2.45) is 5.92 Å². The number of nitrogens with zero attached hydrogens (tertiary/aromatic N) is 4. The van der Waals surface area contributed by atoms with E-state index in [0.29, 0.717) is 39.1 Å². The van der Waals surface area contributed by atoms with Crippen LogP contribution >= 0.6 is 0 Å². The maximum absolute atomic E-state index is 12.9. The lowest BCUT2D eigenvalue weighted by atomic mass is 9.96. The van der Waals surface area contributed by atoms with Gasteiger partial charge in [-0.1, -0.05) is 12.1 Å². The van der Waals surface area contributed by atoms with Gasteiger partial charge in [-0.25, -0.2) is 9.97 Å². The lowest BCUT2D eigenvalue weighted by molar-refractivity contribution is -0.141. The maximum atomic E-state index is 12.9. The minimum Gasteiger partial charge on any atom is -0.378 e. The van der Waals surface area contributed by atoms with Crippen LogP contribution in [0.2, 0.25) is 0 Å². The van der Waals surface area contributed by atoms with E-state index in [4.69, 9.17) is 4.74 Å². The van der Waals surface area contributed by atoms with Crippen LogP contribution in [0.3, 0.4) is 0 Å². The number of benzene rings is 1. The van der Waals surface area contributed by atoms with Crippen molar-refractivity contribution < 1.29 is 22.7 Å². The van der Waals surface area contributed by atoms with Gasteiger partial charge >= 0.3 is 6.18 Å². The Balaban J connectivity index is 1.37. The number of anilines is 3. The van der Waals surface area contributed by atoms with Gasteiger partial charge in [0.1, 0.15) is 5.69 Å². The normalized spacial score (nSPS) is 18.2. The molecule has 7 nitrogen and oxygen atoms in total. The standard InChI is InChI=1S/C21H24F3N5O2/c22-21(23,24)18-5-8-25-20(27-18)29-9-6-15(7-10-29)19(30)26-16-3-1-2-4-17(16)28-11-13-31-14-12-28/h1-5,8,15H,6-7,9-14H2,(H,26,30). The molecule has 166 valence electrons. The number of alkyl halides is 3. The first-order valence-corrected chi connectivity index (χ1v) is 10.3. The molecule has 1 amide bonds. The van der Waals surface area contributed by atoms with Gasteiger partial charge in [0.25, 0.3) is 0 Å². The van der Waals surface area contributed by atoms with E-state index < -0.39 is 11.9 Å². The van der Waals surface area contributed by atoms with Crippen LogP contribution in [0.1, 0.15) is 18.5 Å². The number of aromatic nitrogens is 2. The minimum absolute atomic E-state index is 0.0475. The van der Waals surface area contributed by atoms with Crippen LogP contribution in [0, 0.1) is 5.92 Å². The Hall–Kier alpha value is -2.88. The van der Waals surface area contributed by atoms with Crippen LogP contribution in [0.15, 0.2) is 36.5 Å². The predicted molar refractivity (Wildman–Crippen MR) is 110 cm³/mol. The highest BCUT2D eigenvalue weighted by molar-refractivity contribution is 5.96. The molecule has 2 saturated heterocycles. The number of amides is 1. The highest BCUT2D eigenvalue weighted by atomic mass is 19.4. The van der Waals surface area contributed by atoms with Crippen molar-refractivity contribution in [1.82, 2.24) is 9.97 Å². The van der Waals surface area contributed by atoms with E-state index in [0.717, 1.165) is 36.7 Å². The zero-order chi connectivity index (χ0) is 21.8. The Morgan fingerprint density at radius 3 is 2.45 bits per heavy atom. The maximum Gasteiger partial charge on any atom is 0.433 e. The fraction of sp³-hybridized carbons (Fsp3) is 0.476. The van der Waals surface area contributed by atoms with Crippen molar-refractivity contribution in [3.8, 4) is 0 Å². The quantitative estimate of drug-likeness (QED) is 0.796. The summed E-state index contributed by atoms with van der Waals surface area (Å²) >= 11 is 0. The number of carbonyl (C=O) groups excluding carboxylic acids is 1. The van der Waals surface area contributed by atoms with Crippen LogP contribution in [-0.4, -0.2) is 55.3 Å². The molecule has 0 spiro atoms. The summed E-state index contributed by atoms with van der Waals surface area (Å²) in [5.41, 5.74) is 0.768. The summed E-state index contributed by atoms with van der Waals surface area (Å²) in [7, 11) is 0. The van der Waals surface area contributed by atoms with Crippen molar-refractivity contribution in [3.63, 3.8) is 0 Å². The van der Waals surface area contributed by atoms with Gasteiger partial charge in [-0.05, 0) is 31.0 Å². The van der Waals surface area contributed by atoms with Crippen LogP contribution in [0.25, 0.3) is 0 Å². The van der Waals surface area contributed by atoms with Gasteiger partial charge in [-0.2, -0.15) is 13.2 Å². The zero-order valence-corrected chi connectivity index (χ0v) is 16.9. The summed E-state index contributed by atoms with van der Waals surface area (Å²) in [6, 6.07) is 8.54. The highest BCUT2D eigenvalue weighted by Crippen LogP contribution is 2.30. The Labute approximate surface area is 178 Å². The second-order valence-corrected chi connectivity index (χ2v) is 7.61. The van der Waals surface area contributed by atoms with Gasteiger partial charge in [0, 0.05) is 38.3 Å². The average molecular weight is 435 g/mol. The number of morpholine rings is 1. The van der Waals surface area contributed by atoms with Crippen LogP contribution in [-0.2, 0) is 15.7 Å². The van der Waals surface area contributed by atoms with Gasteiger partial charge in [-0.3, -0.25) is 4.79 Å². The number of hydrogen-bond donors (Lipinski definition) is 1. The molecule has 1 aromatic heterocycles. The molecule has 0 aliphatic carbocycles. The molecule has 0 radical (unpaired) electrons. The lowest BCUT2D eigenvalue weighted by Gasteiger charge is -2.33. The molecule has 0 unspecified atom stereocenters. The fourth-order valence-electron chi connectivity index (χ4n) is 3.89. The molecule has 3 heterocycles. The largest absolute Gasteiger partial charge is 0.433 e. The van der Waals surface area contributed by atoms with Gasteiger partial charge in [0.05, 0.1) is 24.6 Å². The second kappa shape index (κ2) is 9.09. The molecule has 0 bridgehead atoms. The van der Waals surface area contributed by atoms with Crippen molar-refractivity contribution in [2.75, 3.05) is 54.5 Å². The Kier molecular flexibility index (Phi) is 6.26. The SMILES string of the molecule is O=C(Nc1ccccc1N1CCOCC1)C1CCN(c2nccc(C(F)(F)F)n2)CC1. The third kappa shape index (κ3) is 5.07. The van der Waals surface area contributed by atoms with Gasteiger partial charge in [0.2, 0.25) is 11.9 Å². The Morgan fingerprint density at radius 2 is 1.74 bits per heavy atom. The third-order valence-corrected chi connectivity index (χ3v) is 5.60. The number of halogens is 3. The molecule has 2 aromatic rings. The number of rotatable bonds is 4. The number of carbonyl (C=O) groups is 1. The fourth-order valence-corrected chi connectivity index (χ4v) is 3.89. The lowest BCUT2D eigenvalue weighted by Crippen LogP contribution is -2.40. The van der Waals surface area contributed by atoms with E-state index in [1.54, 1.807) is 4.90 Å². The smallest absolute Gasteiger partial charge is 0.378 e. The molecule has 10 heteroatoms. The first kappa shape index (κ1) is 21.4. The number of ether oxygens (including phenoxy) is 1. The van der Waals surface area contributed by atoms with E-state index in [9.17, 15) is 18.0 Å². The van der Waals surface area contributed by atoms with E-state index in [1.165, 1.54) is 0 Å². The third-order valence-electron chi connectivity index (χ3n) is 5.60. The molecule has 2 aliphatic rings. The van der Waals surface area contributed by atoms with E-state index in [-0.39, 0.29) is 17.8 Å². The van der Waals surface area contributed by atoms with Crippen LogP contribution in [0.5, 0.6) is 0 Å². The second-order valence-electron chi connectivity index (χ2n) is 7.61. The van der Waals surface area contributed by atoms with Crippen molar-refractivity contribution in [3.05, 3.63) is 42.2 Å². The topological polar surface area (TPSA) is 70.6 Å². The first-order chi connectivity index (χ1) is 14.9. The molecule has 2 fully saturated rings. The van der Waals surface area contributed by atoms with Crippen molar-refractivity contribution in [1.29, 1.82) is 0 Å². The Morgan fingerprint density at radius 1 is 1.03 bits per heavy atom. The molecule has 4 rings (SSSR count). The average Bonchev–Trinajstić information content (AvgIpc) is 2.80. The molecule has 1 N–H and O–H groups in total. The zero-order valence-electron chi connectivity index (χ0n) is 16.9. The summed E-state index contributed by atoms with van der Waals surface area (Å²) in [6.07, 6.45) is -2.35. The summed E-state index contributed by atoms with van der Waals surface area (Å²) in [4.78, 5) is 24.4. The first-order valence-electron chi connectivity index (χ1n) is 10.3. The van der Waals surface area contributed by atoms with E-state index in [2.05, 4.69) is 20.2 Å². The van der Waals surface area contributed by atoms with Gasteiger partial charge in [0.15, 0.2) is 0 Å². The number of para-hydroxylation sites is 2. The molecule has 2 aliphatic heterocycles. The van der Waals surface area contributed by atoms with Crippen LogP contribution < -0.4 is 15.1 Å². The molecule has 1 aromatic carbocycles. The summed E-state index contributed by atoms with van der Waals surface area (Å²) in [5, 5.41) is 3.04. The van der Waals surface area contributed by atoms with E-state index in [1.807, 2.05) is 24.3 Å². The predicted octanol–water partition coefficient (Wildman–Crippen LogP) is 3.19. The monoisotopic (exact) mass is 435 g/mol. The van der Waals surface area contributed by atoms with Crippen LogP contribution in [0.4, 0.5) is 30.5 Å². The molecule has 0 saturated carbocycles. The highest BCUT2D eigenvalue weighted by Gasteiger charge is 2.34. The van der Waals surface area contributed by atoms with Gasteiger partial charge < -0.3 is 19.9 Å². The molecule has 31 heavy (non-hydrogen) atoms. The number of hydrogen-bond acceptors (Lipinski definition) is 6. The van der Waals surface area contributed by atoms with Crippen molar-refractivity contribution >= 4 is 23.2 Å². The molecular formula is C21H24F3N5O2. The van der Waals surface area contributed by atoms with Gasteiger partial charge in [-0.15, -0.1) is 0 Å². The number of nitrogens with one attached hydrogen (secondary N) is 1. The molecular weight excluding hydrogens is 411 g/mol. The minimum atomic E-state index is -4.51. The number of piperidine rings is 1. The van der Waals surface area contributed by atoms with E-state index >= 15 is 0 Å². The summed E-state index contributed by atoms with van der Waals surface area (Å²) < 4.78 is 44.1. The van der Waals surface area contributed by atoms with Crippen molar-refractivity contribution in [2.45, 2.75) is 19.0 Å². The Bertz CT molecular complexity index is 910. The molecule has 0 atom stereocenters. The summed E-state index contributed by atoms with van der Waals surface area (Å²) in [6.45, 7) is 3.68.